The van der Waals surface area contributed by atoms with E-state index >= 15 is 0 Å². The predicted octanol–water partition coefficient (Wildman–Crippen LogP) is 2.06. The summed E-state index contributed by atoms with van der Waals surface area (Å²) < 4.78 is 52.6. The molecule has 0 saturated carbocycles. The minimum absolute atomic E-state index is 0.00573. The molecule has 0 aliphatic rings. The van der Waals surface area contributed by atoms with Gasteiger partial charge in [0.1, 0.15) is 5.82 Å². The summed E-state index contributed by atoms with van der Waals surface area (Å²) in [4.78, 5) is 4.27. The normalized spacial score (nSPS) is 12.2. The van der Waals surface area contributed by atoms with Crippen LogP contribution in [0.15, 0.2) is 70.7 Å². The van der Waals surface area contributed by atoms with Gasteiger partial charge in [-0.2, -0.15) is 0 Å². The van der Waals surface area contributed by atoms with Crippen molar-refractivity contribution in [1.29, 1.82) is 0 Å². The summed E-state index contributed by atoms with van der Waals surface area (Å²) in [5.74, 6) is 0.793. The first-order chi connectivity index (χ1) is 12.7. The third-order valence-corrected chi connectivity index (χ3v) is 6.64. The summed E-state index contributed by atoms with van der Waals surface area (Å²) in [5, 5.41) is 0. The van der Waals surface area contributed by atoms with Gasteiger partial charge in [0, 0.05) is 25.2 Å². The number of aromatic nitrogens is 2. The van der Waals surface area contributed by atoms with E-state index in [1.54, 1.807) is 6.20 Å². The van der Waals surface area contributed by atoms with E-state index < -0.39 is 19.9 Å². The molecule has 0 radical (unpaired) electrons. The smallest absolute Gasteiger partial charge is 0.240 e. The van der Waals surface area contributed by atoms with Crippen LogP contribution < -0.4 is 4.72 Å². The van der Waals surface area contributed by atoms with Gasteiger partial charge in [0.25, 0.3) is 0 Å². The van der Waals surface area contributed by atoms with E-state index in [0.717, 1.165) is 23.3 Å². The summed E-state index contributed by atoms with van der Waals surface area (Å²) in [6.07, 6.45) is 4.57. The van der Waals surface area contributed by atoms with Gasteiger partial charge in [-0.05, 0) is 42.8 Å². The fraction of sp³-hybridized carbons (Fsp3) is 0.167. The van der Waals surface area contributed by atoms with Gasteiger partial charge in [-0.25, -0.2) is 26.5 Å². The number of sulfone groups is 1. The number of sulfonamides is 1. The lowest BCUT2D eigenvalue weighted by molar-refractivity contribution is 0.580. The maximum absolute atomic E-state index is 12.6. The first-order valence-electron chi connectivity index (χ1n) is 8.06. The number of nitrogens with zero attached hydrogens (tertiary/aromatic N) is 2. The van der Waals surface area contributed by atoms with Crippen LogP contribution in [0.2, 0.25) is 0 Å². The molecule has 1 heterocycles. The molecular formula is C18H19N3O4S2. The van der Waals surface area contributed by atoms with Gasteiger partial charge in [0.05, 0.1) is 15.5 Å². The highest BCUT2D eigenvalue weighted by atomic mass is 32.2. The molecule has 142 valence electrons. The average Bonchev–Trinajstić information content (AvgIpc) is 3.05. The quantitative estimate of drug-likeness (QED) is 0.677. The Bertz CT molecular complexity index is 1170. The van der Waals surface area contributed by atoms with Crippen LogP contribution in [-0.2, 0) is 26.4 Å². The number of aryl methyl sites for hydroxylation is 1. The van der Waals surface area contributed by atoms with Crippen molar-refractivity contribution in [3.63, 3.8) is 0 Å². The molecule has 2 aromatic carbocycles. The Labute approximate surface area is 158 Å². The van der Waals surface area contributed by atoms with Gasteiger partial charge in [-0.1, -0.05) is 18.2 Å². The van der Waals surface area contributed by atoms with Crippen molar-refractivity contribution in [2.75, 3.05) is 6.26 Å². The van der Waals surface area contributed by atoms with Crippen molar-refractivity contribution in [1.82, 2.24) is 14.3 Å². The Balaban J connectivity index is 1.84. The molecule has 0 atom stereocenters. The Hall–Kier alpha value is -2.49. The fourth-order valence-electron chi connectivity index (χ4n) is 2.65. The lowest BCUT2D eigenvalue weighted by Crippen LogP contribution is -2.24. The highest BCUT2D eigenvalue weighted by Crippen LogP contribution is 2.18. The Kier molecular flexibility index (Phi) is 5.18. The second-order valence-electron chi connectivity index (χ2n) is 6.04. The topological polar surface area (TPSA) is 98.1 Å². The summed E-state index contributed by atoms with van der Waals surface area (Å²) in [5.41, 5.74) is 1.62. The summed E-state index contributed by atoms with van der Waals surface area (Å²) in [6.45, 7) is 1.95. The molecule has 0 amide bonds. The van der Waals surface area contributed by atoms with E-state index in [9.17, 15) is 16.8 Å². The standard InChI is InChI=1S/C18H19N3O4S2/c1-14-19-11-12-21(14)18-6-4-3-5-15(18)13-20-27(24,25)17-9-7-16(8-10-17)26(2,22)23/h3-12,20H,13H2,1-2H3. The monoisotopic (exact) mass is 405 g/mol. The number of nitrogens with one attached hydrogen (secondary N) is 1. The summed E-state index contributed by atoms with van der Waals surface area (Å²) >= 11 is 0. The third kappa shape index (κ3) is 4.26. The molecule has 0 fully saturated rings. The molecule has 1 N–H and O–H groups in total. The highest BCUT2D eigenvalue weighted by molar-refractivity contribution is 7.90. The lowest BCUT2D eigenvalue weighted by Gasteiger charge is -2.13. The van der Waals surface area contributed by atoms with Crippen molar-refractivity contribution < 1.29 is 16.8 Å². The molecule has 7 nitrogen and oxygen atoms in total. The van der Waals surface area contributed by atoms with Crippen LogP contribution in [0.3, 0.4) is 0 Å². The third-order valence-electron chi connectivity index (χ3n) is 4.09. The van der Waals surface area contributed by atoms with E-state index in [-0.39, 0.29) is 16.3 Å². The Morgan fingerprint density at radius 3 is 2.19 bits per heavy atom. The molecule has 0 aliphatic carbocycles. The number of hydrogen-bond donors (Lipinski definition) is 1. The molecule has 3 rings (SSSR count). The molecule has 0 bridgehead atoms. The lowest BCUT2D eigenvalue weighted by atomic mass is 10.2. The van der Waals surface area contributed by atoms with Crippen molar-refractivity contribution in [2.24, 2.45) is 0 Å². The molecule has 27 heavy (non-hydrogen) atoms. The maximum atomic E-state index is 12.6. The van der Waals surface area contributed by atoms with E-state index in [1.807, 2.05) is 42.0 Å². The van der Waals surface area contributed by atoms with Gasteiger partial charge < -0.3 is 4.57 Å². The molecule has 1 aromatic heterocycles. The molecule has 0 aliphatic heterocycles. The first kappa shape index (κ1) is 19.3. The van der Waals surface area contributed by atoms with Crippen molar-refractivity contribution in [3.8, 4) is 5.69 Å². The molecule has 0 spiro atoms. The number of benzene rings is 2. The van der Waals surface area contributed by atoms with Gasteiger partial charge in [0.15, 0.2) is 9.84 Å². The van der Waals surface area contributed by atoms with Crippen LogP contribution >= 0.6 is 0 Å². The zero-order chi connectivity index (χ0) is 19.7. The minimum Gasteiger partial charge on any atom is -0.304 e. The molecule has 3 aromatic rings. The van der Waals surface area contributed by atoms with E-state index in [1.165, 1.54) is 24.3 Å². The van der Waals surface area contributed by atoms with Gasteiger partial charge in [-0.15, -0.1) is 0 Å². The molecule has 0 unspecified atom stereocenters. The van der Waals surface area contributed by atoms with Crippen molar-refractivity contribution >= 4 is 19.9 Å². The zero-order valence-corrected chi connectivity index (χ0v) is 16.5. The van der Waals surface area contributed by atoms with Crippen LogP contribution in [0.1, 0.15) is 11.4 Å². The largest absolute Gasteiger partial charge is 0.304 e. The number of rotatable bonds is 6. The van der Waals surface area contributed by atoms with E-state index in [0.29, 0.717) is 0 Å². The number of imidazole rings is 1. The first-order valence-corrected chi connectivity index (χ1v) is 11.4. The van der Waals surface area contributed by atoms with Crippen LogP contribution in [-0.4, -0.2) is 32.6 Å². The number of hydrogen-bond acceptors (Lipinski definition) is 5. The van der Waals surface area contributed by atoms with Crippen LogP contribution in [0.4, 0.5) is 0 Å². The molecule has 0 saturated heterocycles. The second-order valence-corrected chi connectivity index (χ2v) is 9.82. The Morgan fingerprint density at radius 2 is 1.59 bits per heavy atom. The van der Waals surface area contributed by atoms with Crippen LogP contribution in [0.25, 0.3) is 5.69 Å². The van der Waals surface area contributed by atoms with Gasteiger partial charge >= 0.3 is 0 Å². The number of para-hydroxylation sites is 1. The van der Waals surface area contributed by atoms with Crippen LogP contribution in [0, 0.1) is 6.92 Å². The molecular weight excluding hydrogens is 386 g/mol. The van der Waals surface area contributed by atoms with E-state index in [4.69, 9.17) is 0 Å². The van der Waals surface area contributed by atoms with Gasteiger partial charge in [-0.3, -0.25) is 0 Å². The molecule has 9 heteroatoms. The van der Waals surface area contributed by atoms with Gasteiger partial charge in [0.2, 0.25) is 10.0 Å². The van der Waals surface area contributed by atoms with Crippen molar-refractivity contribution in [3.05, 3.63) is 72.3 Å². The maximum Gasteiger partial charge on any atom is 0.240 e. The second kappa shape index (κ2) is 7.26. The zero-order valence-electron chi connectivity index (χ0n) is 14.8. The van der Waals surface area contributed by atoms with E-state index in [2.05, 4.69) is 9.71 Å². The summed E-state index contributed by atoms with van der Waals surface area (Å²) in [6, 6.07) is 12.6. The van der Waals surface area contributed by atoms with Crippen molar-refractivity contribution in [2.45, 2.75) is 23.3 Å². The Morgan fingerprint density at radius 1 is 0.963 bits per heavy atom. The SMILES string of the molecule is Cc1nccn1-c1ccccc1CNS(=O)(=O)c1ccc(S(C)(=O)=O)cc1. The average molecular weight is 406 g/mol. The highest BCUT2D eigenvalue weighted by Gasteiger charge is 2.16. The predicted molar refractivity (Wildman–Crippen MR) is 102 cm³/mol. The summed E-state index contributed by atoms with van der Waals surface area (Å²) in [7, 11) is -7.17. The fourth-order valence-corrected chi connectivity index (χ4v) is 4.29. The van der Waals surface area contributed by atoms with Crippen LogP contribution in [0.5, 0.6) is 0 Å². The minimum atomic E-state index is -3.79.